The van der Waals surface area contributed by atoms with E-state index in [-0.39, 0.29) is 17.7 Å². The third kappa shape index (κ3) is 3.63. The number of rotatable bonds is 5. The molecule has 1 aromatic rings. The molecule has 1 saturated heterocycles. The summed E-state index contributed by atoms with van der Waals surface area (Å²) in [6.45, 7) is 5.20. The number of nitrogens with one attached hydrogen (secondary N) is 2. The number of nitrogens with zero attached hydrogens (tertiary/aromatic N) is 1. The zero-order chi connectivity index (χ0) is 16.1. The van der Waals surface area contributed by atoms with Crippen LogP contribution in [0.5, 0.6) is 0 Å². The quantitative estimate of drug-likeness (QED) is 0.862. The van der Waals surface area contributed by atoms with Gasteiger partial charge in [-0.3, -0.25) is 14.4 Å². The van der Waals surface area contributed by atoms with Gasteiger partial charge in [0.15, 0.2) is 0 Å². The number of hydrogen-bond acceptors (Lipinski definition) is 3. The van der Waals surface area contributed by atoms with Crippen LogP contribution in [0.15, 0.2) is 24.3 Å². The zero-order valence-electron chi connectivity index (χ0n) is 12.9. The van der Waals surface area contributed by atoms with Crippen LogP contribution in [0.4, 0.5) is 5.69 Å². The molecule has 1 unspecified atom stereocenters. The Morgan fingerprint density at radius 1 is 1.23 bits per heavy atom. The van der Waals surface area contributed by atoms with Gasteiger partial charge in [-0.2, -0.15) is 0 Å². The predicted molar refractivity (Wildman–Crippen MR) is 83.5 cm³/mol. The average Bonchev–Trinajstić information content (AvgIpc) is 2.96. The van der Waals surface area contributed by atoms with Crippen molar-refractivity contribution in [2.24, 2.45) is 0 Å². The molecule has 1 atom stereocenters. The van der Waals surface area contributed by atoms with Crippen LogP contribution in [-0.2, 0) is 9.59 Å². The molecule has 0 saturated carbocycles. The molecule has 6 nitrogen and oxygen atoms in total. The minimum atomic E-state index is -0.468. The van der Waals surface area contributed by atoms with Crippen molar-refractivity contribution < 1.29 is 14.4 Å². The number of carbonyl (C=O) groups is 3. The summed E-state index contributed by atoms with van der Waals surface area (Å²) in [4.78, 5) is 37.0. The third-order valence-corrected chi connectivity index (χ3v) is 3.76. The van der Waals surface area contributed by atoms with E-state index in [4.69, 9.17) is 0 Å². The van der Waals surface area contributed by atoms with Crippen LogP contribution in [0.1, 0.15) is 37.0 Å². The second-order valence-corrected chi connectivity index (χ2v) is 5.20. The topological polar surface area (TPSA) is 78.5 Å². The molecule has 1 heterocycles. The van der Waals surface area contributed by atoms with Gasteiger partial charge in [0.2, 0.25) is 11.8 Å². The highest BCUT2D eigenvalue weighted by molar-refractivity contribution is 5.99. The summed E-state index contributed by atoms with van der Waals surface area (Å²) in [7, 11) is 0. The van der Waals surface area contributed by atoms with Crippen LogP contribution in [0.2, 0.25) is 0 Å². The molecule has 1 aromatic carbocycles. The van der Waals surface area contributed by atoms with E-state index in [0.29, 0.717) is 37.2 Å². The summed E-state index contributed by atoms with van der Waals surface area (Å²) in [5.74, 6) is -0.347. The van der Waals surface area contributed by atoms with Crippen LogP contribution in [0.25, 0.3) is 0 Å². The highest BCUT2D eigenvalue weighted by Gasteiger charge is 2.27. The molecule has 2 rings (SSSR count). The van der Waals surface area contributed by atoms with Crippen molar-refractivity contribution >= 4 is 23.4 Å². The van der Waals surface area contributed by atoms with E-state index in [1.807, 2.05) is 13.8 Å². The summed E-state index contributed by atoms with van der Waals surface area (Å²) < 4.78 is 0. The van der Waals surface area contributed by atoms with Crippen molar-refractivity contribution in [1.82, 2.24) is 10.2 Å². The van der Waals surface area contributed by atoms with Gasteiger partial charge in [-0.15, -0.1) is 0 Å². The van der Waals surface area contributed by atoms with Gasteiger partial charge in [0.1, 0.15) is 6.04 Å². The first-order valence-electron chi connectivity index (χ1n) is 7.54. The summed E-state index contributed by atoms with van der Waals surface area (Å²) in [5.41, 5.74) is 1.21. The fraction of sp³-hybridized carbons (Fsp3) is 0.438. The Hall–Kier alpha value is -2.37. The average molecular weight is 303 g/mol. The van der Waals surface area contributed by atoms with Crippen LogP contribution in [0.3, 0.4) is 0 Å². The van der Waals surface area contributed by atoms with Crippen molar-refractivity contribution in [2.45, 2.75) is 32.7 Å². The van der Waals surface area contributed by atoms with Crippen molar-refractivity contribution in [2.75, 3.05) is 18.4 Å². The van der Waals surface area contributed by atoms with Crippen molar-refractivity contribution in [1.29, 1.82) is 0 Å². The Morgan fingerprint density at radius 2 is 1.86 bits per heavy atom. The van der Waals surface area contributed by atoms with E-state index in [1.54, 1.807) is 29.2 Å². The third-order valence-electron chi connectivity index (χ3n) is 3.76. The summed E-state index contributed by atoms with van der Waals surface area (Å²) in [6.07, 6.45) is 0.901. The SMILES string of the molecule is CCN(CC)C(=O)c1ccc(NC(=O)C2CCC(=O)N2)cc1. The van der Waals surface area contributed by atoms with Gasteiger partial charge in [-0.1, -0.05) is 0 Å². The number of anilines is 1. The first-order valence-corrected chi connectivity index (χ1v) is 7.54. The lowest BCUT2D eigenvalue weighted by Crippen LogP contribution is -2.37. The van der Waals surface area contributed by atoms with Gasteiger partial charge in [0.05, 0.1) is 0 Å². The molecule has 6 heteroatoms. The van der Waals surface area contributed by atoms with Gasteiger partial charge in [-0.25, -0.2) is 0 Å². The van der Waals surface area contributed by atoms with Crippen molar-refractivity contribution in [3.8, 4) is 0 Å². The molecule has 0 aliphatic carbocycles. The highest BCUT2D eigenvalue weighted by atomic mass is 16.2. The Labute approximate surface area is 129 Å². The summed E-state index contributed by atoms with van der Waals surface area (Å²) in [6, 6.07) is 6.33. The fourth-order valence-corrected chi connectivity index (χ4v) is 2.43. The molecule has 2 N–H and O–H groups in total. The molecule has 1 fully saturated rings. The number of carbonyl (C=O) groups excluding carboxylic acids is 3. The Morgan fingerprint density at radius 3 is 2.36 bits per heavy atom. The zero-order valence-corrected chi connectivity index (χ0v) is 12.9. The molecule has 0 spiro atoms. The maximum absolute atomic E-state index is 12.2. The fourth-order valence-electron chi connectivity index (χ4n) is 2.43. The van der Waals surface area contributed by atoms with E-state index in [9.17, 15) is 14.4 Å². The minimum Gasteiger partial charge on any atom is -0.344 e. The smallest absolute Gasteiger partial charge is 0.253 e. The lowest BCUT2D eigenvalue weighted by atomic mass is 10.1. The van der Waals surface area contributed by atoms with Crippen LogP contribution < -0.4 is 10.6 Å². The molecule has 22 heavy (non-hydrogen) atoms. The predicted octanol–water partition coefficient (Wildman–Crippen LogP) is 1.39. The first-order chi connectivity index (χ1) is 10.5. The molecule has 118 valence electrons. The molecule has 3 amide bonds. The highest BCUT2D eigenvalue weighted by Crippen LogP contribution is 2.14. The maximum Gasteiger partial charge on any atom is 0.253 e. The Bertz CT molecular complexity index is 565. The lowest BCUT2D eigenvalue weighted by molar-refractivity contribution is -0.122. The van der Waals surface area contributed by atoms with Crippen molar-refractivity contribution in [3.05, 3.63) is 29.8 Å². The number of benzene rings is 1. The molecular weight excluding hydrogens is 282 g/mol. The lowest BCUT2D eigenvalue weighted by Gasteiger charge is -2.18. The number of amides is 3. The molecule has 1 aliphatic rings. The van der Waals surface area contributed by atoms with Crippen LogP contribution >= 0.6 is 0 Å². The van der Waals surface area contributed by atoms with Gasteiger partial charge in [0, 0.05) is 30.8 Å². The summed E-state index contributed by atoms with van der Waals surface area (Å²) >= 11 is 0. The van der Waals surface area contributed by atoms with Gasteiger partial charge in [-0.05, 0) is 44.5 Å². The Balaban J connectivity index is 1.98. The van der Waals surface area contributed by atoms with Crippen molar-refractivity contribution in [3.63, 3.8) is 0 Å². The van der Waals surface area contributed by atoms with Gasteiger partial charge >= 0.3 is 0 Å². The Kier molecular flexibility index (Phi) is 5.14. The van der Waals surface area contributed by atoms with E-state index in [0.717, 1.165) is 0 Å². The van der Waals surface area contributed by atoms with E-state index in [1.165, 1.54) is 0 Å². The van der Waals surface area contributed by atoms with E-state index >= 15 is 0 Å². The standard InChI is InChI=1S/C16H21N3O3/c1-3-19(4-2)16(22)11-5-7-12(8-6-11)17-15(21)13-9-10-14(20)18-13/h5-8,13H,3-4,9-10H2,1-2H3,(H,17,21)(H,18,20). The molecule has 0 bridgehead atoms. The van der Waals surface area contributed by atoms with Gasteiger partial charge < -0.3 is 15.5 Å². The maximum atomic E-state index is 12.2. The van der Waals surface area contributed by atoms with Gasteiger partial charge in [0.25, 0.3) is 5.91 Å². The second kappa shape index (κ2) is 7.06. The molecular formula is C16H21N3O3. The molecule has 1 aliphatic heterocycles. The molecule has 0 radical (unpaired) electrons. The normalized spacial score (nSPS) is 17.0. The summed E-state index contributed by atoms with van der Waals surface area (Å²) in [5, 5.41) is 5.37. The van der Waals surface area contributed by atoms with E-state index < -0.39 is 6.04 Å². The number of hydrogen-bond donors (Lipinski definition) is 2. The second-order valence-electron chi connectivity index (χ2n) is 5.20. The largest absolute Gasteiger partial charge is 0.344 e. The minimum absolute atomic E-state index is 0.0223. The van der Waals surface area contributed by atoms with E-state index in [2.05, 4.69) is 10.6 Å². The first kappa shape index (κ1) is 16.0. The molecule has 0 aromatic heterocycles. The van der Waals surface area contributed by atoms with Crippen LogP contribution in [-0.4, -0.2) is 41.8 Å². The monoisotopic (exact) mass is 303 g/mol. The van der Waals surface area contributed by atoms with Crippen LogP contribution in [0, 0.1) is 0 Å².